The van der Waals surface area contributed by atoms with E-state index in [-0.39, 0.29) is 6.04 Å². The van der Waals surface area contributed by atoms with Gasteiger partial charge in [0.15, 0.2) is 0 Å². The zero-order valence-corrected chi connectivity index (χ0v) is 17.7. The van der Waals surface area contributed by atoms with Crippen molar-refractivity contribution in [3.63, 3.8) is 0 Å². The molecule has 0 unspecified atom stereocenters. The second-order valence-electron chi connectivity index (χ2n) is 8.44. The first kappa shape index (κ1) is 20.1. The minimum absolute atomic E-state index is 0.0134. The van der Waals surface area contributed by atoms with E-state index in [1.54, 1.807) is 6.20 Å². The summed E-state index contributed by atoms with van der Waals surface area (Å²) in [4.78, 5) is 2.31. The lowest BCUT2D eigenvalue weighted by molar-refractivity contribution is 0.0351. The molecule has 0 aliphatic carbocycles. The lowest BCUT2D eigenvalue weighted by Crippen LogP contribution is -2.42. The third kappa shape index (κ3) is 3.94. The van der Waals surface area contributed by atoms with Crippen LogP contribution in [0, 0.1) is 18.3 Å². The Bertz CT molecular complexity index is 1110. The number of nitrogens with one attached hydrogen (secondary N) is 1. The zero-order valence-electron chi connectivity index (χ0n) is 17.7. The average molecular weight is 402 g/mol. The van der Waals surface area contributed by atoms with Gasteiger partial charge in [0.1, 0.15) is 0 Å². The van der Waals surface area contributed by atoms with Gasteiger partial charge in [0.25, 0.3) is 0 Å². The fourth-order valence-electron chi connectivity index (χ4n) is 4.16. The van der Waals surface area contributed by atoms with Gasteiger partial charge in [0, 0.05) is 30.2 Å². The first-order chi connectivity index (χ1) is 14.4. The van der Waals surface area contributed by atoms with E-state index in [1.165, 1.54) is 0 Å². The molecule has 1 atom stereocenters. The number of fused-ring (bicyclic) bond motifs is 1. The maximum absolute atomic E-state index is 10.2. The van der Waals surface area contributed by atoms with Gasteiger partial charge in [-0.3, -0.25) is 0 Å². The number of aromatic nitrogens is 2. The van der Waals surface area contributed by atoms with Crippen LogP contribution in [0.25, 0.3) is 10.9 Å². The molecule has 0 amide bonds. The maximum Gasteiger partial charge on any atom is 0.0994 e. The van der Waals surface area contributed by atoms with E-state index in [9.17, 15) is 10.4 Å². The molecule has 4 rings (SSSR count). The lowest BCUT2D eigenvalue weighted by Gasteiger charge is -2.37. The van der Waals surface area contributed by atoms with Crippen molar-refractivity contribution in [1.82, 2.24) is 10.2 Å². The minimum Gasteiger partial charge on any atom is -0.390 e. The number of rotatable bonds is 4. The second kappa shape index (κ2) is 7.92. The Morgan fingerprint density at radius 1 is 1.23 bits per heavy atom. The number of benzene rings is 2. The van der Waals surface area contributed by atoms with Crippen molar-refractivity contribution in [3.8, 4) is 6.07 Å². The number of nitrogens with zero attached hydrogens (tertiary/aromatic N) is 4. The van der Waals surface area contributed by atoms with E-state index in [0.29, 0.717) is 5.56 Å². The molecule has 1 saturated heterocycles. The smallest absolute Gasteiger partial charge is 0.0994 e. The normalized spacial score (nSPS) is 16.8. The van der Waals surface area contributed by atoms with Crippen molar-refractivity contribution in [3.05, 3.63) is 59.3 Å². The van der Waals surface area contributed by atoms with E-state index in [1.807, 2.05) is 32.0 Å². The molecule has 0 spiro atoms. The van der Waals surface area contributed by atoms with E-state index in [0.717, 1.165) is 59.3 Å². The molecular weight excluding hydrogens is 374 g/mol. The number of aliphatic hydroxyl groups is 1. The van der Waals surface area contributed by atoms with Crippen molar-refractivity contribution < 1.29 is 5.11 Å². The molecule has 1 aliphatic heterocycles. The molecule has 2 N–H and O–H groups in total. The highest BCUT2D eigenvalue weighted by Crippen LogP contribution is 2.32. The van der Waals surface area contributed by atoms with Crippen LogP contribution < -0.4 is 10.2 Å². The van der Waals surface area contributed by atoms with Gasteiger partial charge < -0.3 is 15.3 Å². The Kier molecular flexibility index (Phi) is 5.31. The number of hydrogen-bond donors (Lipinski definition) is 2. The van der Waals surface area contributed by atoms with Crippen LogP contribution in [0.15, 0.2) is 42.6 Å². The number of anilines is 2. The van der Waals surface area contributed by atoms with Crippen molar-refractivity contribution in [1.29, 1.82) is 5.26 Å². The Labute approximate surface area is 177 Å². The summed E-state index contributed by atoms with van der Waals surface area (Å²) in [5, 5.41) is 32.6. The molecule has 1 fully saturated rings. The summed E-state index contributed by atoms with van der Waals surface area (Å²) in [5.41, 5.74) is 5.09. The van der Waals surface area contributed by atoms with Crippen LogP contribution in [0.1, 0.15) is 49.4 Å². The predicted molar refractivity (Wildman–Crippen MR) is 120 cm³/mol. The summed E-state index contributed by atoms with van der Waals surface area (Å²) >= 11 is 0. The van der Waals surface area contributed by atoms with Gasteiger partial charge >= 0.3 is 0 Å². The fourth-order valence-corrected chi connectivity index (χ4v) is 4.16. The van der Waals surface area contributed by atoms with Gasteiger partial charge in [-0.25, -0.2) is 0 Å². The van der Waals surface area contributed by atoms with Crippen LogP contribution in [-0.2, 0) is 0 Å². The summed E-state index contributed by atoms with van der Waals surface area (Å²) < 4.78 is 0. The standard InChI is InChI=1S/C24H27N5O/c1-16-18(14-25)5-4-6-20(16)17(2)27-23-15-26-28-22-8-7-19(13-21(22)23)29-11-9-24(3,30)10-12-29/h4-8,13,15,17,30H,9-12H2,1-3H3,(H,27,28)/t17-/m1/s1. The van der Waals surface area contributed by atoms with Crippen molar-refractivity contribution in [2.24, 2.45) is 0 Å². The Morgan fingerprint density at radius 2 is 2.00 bits per heavy atom. The molecule has 2 heterocycles. The van der Waals surface area contributed by atoms with Gasteiger partial charge in [-0.15, -0.1) is 0 Å². The molecule has 6 heteroatoms. The second-order valence-corrected chi connectivity index (χ2v) is 8.44. The highest BCUT2D eigenvalue weighted by Gasteiger charge is 2.27. The van der Waals surface area contributed by atoms with E-state index >= 15 is 0 Å². The van der Waals surface area contributed by atoms with Gasteiger partial charge in [-0.05, 0) is 69.0 Å². The van der Waals surface area contributed by atoms with E-state index in [2.05, 4.69) is 51.6 Å². The van der Waals surface area contributed by atoms with Crippen LogP contribution in [0.5, 0.6) is 0 Å². The molecular formula is C24H27N5O. The number of piperidine rings is 1. The van der Waals surface area contributed by atoms with E-state index in [4.69, 9.17) is 0 Å². The summed E-state index contributed by atoms with van der Waals surface area (Å²) in [6.45, 7) is 7.64. The molecule has 2 aromatic carbocycles. The molecule has 1 aromatic heterocycles. The van der Waals surface area contributed by atoms with Crippen molar-refractivity contribution in [2.75, 3.05) is 23.3 Å². The topological polar surface area (TPSA) is 85.1 Å². The highest BCUT2D eigenvalue weighted by atomic mass is 16.3. The molecule has 30 heavy (non-hydrogen) atoms. The van der Waals surface area contributed by atoms with E-state index < -0.39 is 5.60 Å². The molecule has 6 nitrogen and oxygen atoms in total. The van der Waals surface area contributed by atoms with Gasteiger partial charge in [0.05, 0.1) is 34.6 Å². The third-order valence-corrected chi connectivity index (χ3v) is 6.16. The quantitative estimate of drug-likeness (QED) is 0.677. The monoisotopic (exact) mass is 401 g/mol. The molecule has 0 bridgehead atoms. The zero-order chi connectivity index (χ0) is 21.3. The van der Waals surface area contributed by atoms with Crippen LogP contribution in [0.3, 0.4) is 0 Å². The molecule has 1 aliphatic rings. The van der Waals surface area contributed by atoms with Crippen LogP contribution in [0.2, 0.25) is 0 Å². The number of nitriles is 1. The molecule has 3 aromatic rings. The molecule has 0 saturated carbocycles. The summed E-state index contributed by atoms with van der Waals surface area (Å²) in [5.74, 6) is 0. The maximum atomic E-state index is 10.2. The van der Waals surface area contributed by atoms with Crippen molar-refractivity contribution in [2.45, 2.75) is 45.3 Å². The summed E-state index contributed by atoms with van der Waals surface area (Å²) in [6, 6.07) is 14.3. The highest BCUT2D eigenvalue weighted by molar-refractivity contribution is 5.93. The van der Waals surface area contributed by atoms with Crippen LogP contribution >= 0.6 is 0 Å². The Morgan fingerprint density at radius 3 is 2.73 bits per heavy atom. The fraction of sp³-hybridized carbons (Fsp3) is 0.375. The third-order valence-electron chi connectivity index (χ3n) is 6.16. The SMILES string of the molecule is Cc1c(C#N)cccc1[C@@H](C)Nc1cnnc2ccc(N3CCC(C)(O)CC3)cc12. The van der Waals surface area contributed by atoms with Crippen molar-refractivity contribution >= 4 is 22.3 Å². The number of hydrogen-bond acceptors (Lipinski definition) is 6. The largest absolute Gasteiger partial charge is 0.390 e. The Balaban J connectivity index is 1.64. The molecule has 0 radical (unpaired) electrons. The Hall–Kier alpha value is -3.17. The molecule has 154 valence electrons. The predicted octanol–water partition coefficient (Wildman–Crippen LogP) is 4.33. The lowest BCUT2D eigenvalue weighted by atomic mass is 9.93. The first-order valence-corrected chi connectivity index (χ1v) is 10.4. The summed E-state index contributed by atoms with van der Waals surface area (Å²) in [7, 11) is 0. The van der Waals surface area contributed by atoms with Gasteiger partial charge in [-0.2, -0.15) is 15.5 Å². The van der Waals surface area contributed by atoms with Gasteiger partial charge in [-0.1, -0.05) is 12.1 Å². The van der Waals surface area contributed by atoms with Crippen LogP contribution in [-0.4, -0.2) is 34.0 Å². The van der Waals surface area contributed by atoms with Gasteiger partial charge in [0.2, 0.25) is 0 Å². The minimum atomic E-state index is -0.573. The van der Waals surface area contributed by atoms with Crippen LogP contribution in [0.4, 0.5) is 11.4 Å². The first-order valence-electron chi connectivity index (χ1n) is 10.4. The average Bonchev–Trinajstić information content (AvgIpc) is 2.74. The summed E-state index contributed by atoms with van der Waals surface area (Å²) in [6.07, 6.45) is 3.28.